The molecule has 18 heavy (non-hydrogen) atoms. The summed E-state index contributed by atoms with van der Waals surface area (Å²) in [5, 5.41) is 3.17. The van der Waals surface area contributed by atoms with Crippen LogP contribution in [0.4, 0.5) is 0 Å². The fourth-order valence-electron chi connectivity index (χ4n) is 2.34. The molecule has 1 atom stereocenters. The van der Waals surface area contributed by atoms with E-state index in [1.807, 2.05) is 6.92 Å². The van der Waals surface area contributed by atoms with Crippen molar-refractivity contribution in [1.29, 1.82) is 0 Å². The van der Waals surface area contributed by atoms with Gasteiger partial charge >= 0.3 is 0 Å². The molecule has 1 unspecified atom stereocenters. The zero-order valence-corrected chi connectivity index (χ0v) is 10.9. The van der Waals surface area contributed by atoms with Crippen LogP contribution in [-0.4, -0.2) is 73.6 Å². The summed E-state index contributed by atoms with van der Waals surface area (Å²) >= 11 is 0. The van der Waals surface area contributed by atoms with Gasteiger partial charge in [0.1, 0.15) is 0 Å². The Balaban J connectivity index is 1.87. The number of carbonyl (C=O) groups is 2. The number of amides is 2. The van der Waals surface area contributed by atoms with Gasteiger partial charge in [-0.05, 0) is 6.42 Å². The highest BCUT2D eigenvalue weighted by molar-refractivity contribution is 5.88. The van der Waals surface area contributed by atoms with Gasteiger partial charge in [0.25, 0.3) is 0 Å². The van der Waals surface area contributed by atoms with Gasteiger partial charge in [0.05, 0.1) is 25.8 Å². The summed E-state index contributed by atoms with van der Waals surface area (Å²) in [6, 6.07) is -0.128. The average molecular weight is 255 g/mol. The predicted molar refractivity (Wildman–Crippen MR) is 66.1 cm³/mol. The summed E-state index contributed by atoms with van der Waals surface area (Å²) in [6.45, 7) is 6.02. The first-order valence-electron chi connectivity index (χ1n) is 6.60. The van der Waals surface area contributed by atoms with Crippen molar-refractivity contribution in [2.45, 2.75) is 19.4 Å². The minimum Gasteiger partial charge on any atom is -0.378 e. The Morgan fingerprint density at radius 1 is 1.39 bits per heavy atom. The molecule has 0 aromatic heterocycles. The van der Waals surface area contributed by atoms with Gasteiger partial charge in [-0.3, -0.25) is 9.59 Å². The van der Waals surface area contributed by atoms with Crippen LogP contribution in [0.3, 0.4) is 0 Å². The summed E-state index contributed by atoms with van der Waals surface area (Å²) in [5.41, 5.74) is 0. The molecule has 1 N–H and O–H groups in total. The van der Waals surface area contributed by atoms with Crippen LogP contribution in [0.1, 0.15) is 13.3 Å². The average Bonchev–Trinajstić information content (AvgIpc) is 2.42. The van der Waals surface area contributed by atoms with Crippen LogP contribution < -0.4 is 5.32 Å². The molecule has 0 aromatic rings. The number of piperazine rings is 1. The molecule has 0 bridgehead atoms. The van der Waals surface area contributed by atoms with Gasteiger partial charge in [-0.25, -0.2) is 0 Å². The van der Waals surface area contributed by atoms with Crippen molar-refractivity contribution in [3.8, 4) is 0 Å². The van der Waals surface area contributed by atoms with Crippen molar-refractivity contribution in [3.63, 3.8) is 0 Å². The Morgan fingerprint density at radius 2 is 2.11 bits per heavy atom. The topological polar surface area (TPSA) is 61.9 Å². The molecule has 6 heteroatoms. The van der Waals surface area contributed by atoms with Crippen LogP contribution in [0, 0.1) is 0 Å². The van der Waals surface area contributed by atoms with Gasteiger partial charge < -0.3 is 19.9 Å². The van der Waals surface area contributed by atoms with E-state index in [1.165, 1.54) is 0 Å². The van der Waals surface area contributed by atoms with E-state index in [4.69, 9.17) is 4.74 Å². The second-order valence-electron chi connectivity index (χ2n) is 4.67. The normalized spacial score (nSPS) is 25.4. The van der Waals surface area contributed by atoms with E-state index in [2.05, 4.69) is 5.32 Å². The third-order valence-electron chi connectivity index (χ3n) is 3.48. The Morgan fingerprint density at radius 3 is 2.78 bits per heavy atom. The maximum absolute atomic E-state index is 12.1. The molecule has 0 saturated carbocycles. The number of rotatable bonds is 3. The molecule has 0 radical (unpaired) electrons. The fourth-order valence-corrected chi connectivity index (χ4v) is 2.34. The summed E-state index contributed by atoms with van der Waals surface area (Å²) in [4.78, 5) is 27.6. The van der Waals surface area contributed by atoms with E-state index in [0.29, 0.717) is 32.8 Å². The molecule has 0 aromatic carbocycles. The number of nitrogens with one attached hydrogen (secondary N) is 1. The van der Waals surface area contributed by atoms with Crippen LogP contribution in [0.25, 0.3) is 0 Å². The van der Waals surface area contributed by atoms with E-state index < -0.39 is 0 Å². The molecule has 2 heterocycles. The fraction of sp³-hybridized carbons (Fsp3) is 0.833. The highest BCUT2D eigenvalue weighted by Gasteiger charge is 2.29. The van der Waals surface area contributed by atoms with Crippen molar-refractivity contribution in [2.75, 3.05) is 45.9 Å². The quantitative estimate of drug-likeness (QED) is 0.707. The van der Waals surface area contributed by atoms with Crippen LogP contribution in [0.15, 0.2) is 0 Å². The molecule has 2 aliphatic rings. The summed E-state index contributed by atoms with van der Waals surface area (Å²) in [7, 11) is 0. The molecule has 2 saturated heterocycles. The zero-order valence-electron chi connectivity index (χ0n) is 10.9. The van der Waals surface area contributed by atoms with Crippen LogP contribution in [0.2, 0.25) is 0 Å². The number of hydrogen-bond acceptors (Lipinski definition) is 4. The van der Waals surface area contributed by atoms with Gasteiger partial charge in [-0.1, -0.05) is 6.92 Å². The lowest BCUT2D eigenvalue weighted by molar-refractivity contribution is -0.145. The maximum Gasteiger partial charge on any atom is 0.242 e. The number of hydrogen-bond donors (Lipinski definition) is 1. The van der Waals surface area contributed by atoms with Gasteiger partial charge in [-0.15, -0.1) is 0 Å². The number of ether oxygens (including phenoxy) is 1. The second kappa shape index (κ2) is 6.15. The first kappa shape index (κ1) is 13.3. The highest BCUT2D eigenvalue weighted by Crippen LogP contribution is 2.06. The van der Waals surface area contributed by atoms with Crippen molar-refractivity contribution in [2.24, 2.45) is 0 Å². The molecule has 2 amide bonds. The minimum absolute atomic E-state index is 0.0309. The van der Waals surface area contributed by atoms with Gasteiger partial charge in [0, 0.05) is 26.2 Å². The molecule has 2 rings (SSSR count). The molecule has 6 nitrogen and oxygen atoms in total. The molecule has 2 aliphatic heterocycles. The van der Waals surface area contributed by atoms with Crippen molar-refractivity contribution in [1.82, 2.24) is 15.1 Å². The zero-order chi connectivity index (χ0) is 13.0. The van der Waals surface area contributed by atoms with Crippen molar-refractivity contribution >= 4 is 11.8 Å². The summed E-state index contributed by atoms with van der Waals surface area (Å²) < 4.78 is 5.21. The molecular formula is C12H21N3O3. The standard InChI is InChI=1S/C12H21N3O3/c1-2-10-12(17)15(4-3-13-10)9-11(16)14-5-7-18-8-6-14/h10,13H,2-9H2,1H3. The Kier molecular flexibility index (Phi) is 4.54. The third-order valence-corrected chi connectivity index (χ3v) is 3.48. The minimum atomic E-state index is -0.128. The van der Waals surface area contributed by atoms with Crippen molar-refractivity contribution in [3.05, 3.63) is 0 Å². The van der Waals surface area contributed by atoms with Crippen LogP contribution in [0.5, 0.6) is 0 Å². The first-order valence-corrected chi connectivity index (χ1v) is 6.60. The molecular weight excluding hydrogens is 234 g/mol. The van der Waals surface area contributed by atoms with E-state index in [1.54, 1.807) is 9.80 Å². The maximum atomic E-state index is 12.1. The number of morpholine rings is 1. The predicted octanol–water partition coefficient (Wildman–Crippen LogP) is -0.944. The molecule has 0 aliphatic carbocycles. The van der Waals surface area contributed by atoms with Gasteiger partial charge in [0.15, 0.2) is 0 Å². The monoisotopic (exact) mass is 255 g/mol. The molecule has 0 spiro atoms. The van der Waals surface area contributed by atoms with Crippen molar-refractivity contribution < 1.29 is 14.3 Å². The summed E-state index contributed by atoms with van der Waals surface area (Å²) in [5.74, 6) is 0.0776. The van der Waals surface area contributed by atoms with Crippen LogP contribution >= 0.6 is 0 Å². The second-order valence-corrected chi connectivity index (χ2v) is 4.67. The number of carbonyl (C=O) groups excluding carboxylic acids is 2. The van der Waals surface area contributed by atoms with Gasteiger partial charge in [-0.2, -0.15) is 0 Å². The Hall–Kier alpha value is -1.14. The number of nitrogens with zero attached hydrogens (tertiary/aromatic N) is 2. The summed E-state index contributed by atoms with van der Waals surface area (Å²) in [6.07, 6.45) is 0.765. The smallest absolute Gasteiger partial charge is 0.242 e. The highest BCUT2D eigenvalue weighted by atomic mass is 16.5. The molecule has 2 fully saturated rings. The first-order chi connectivity index (χ1) is 8.72. The lowest BCUT2D eigenvalue weighted by Crippen LogP contribution is -2.57. The van der Waals surface area contributed by atoms with E-state index in [9.17, 15) is 9.59 Å². The van der Waals surface area contributed by atoms with E-state index >= 15 is 0 Å². The SMILES string of the molecule is CCC1NCCN(CC(=O)N2CCOCC2)C1=O. The van der Waals surface area contributed by atoms with E-state index in [-0.39, 0.29) is 24.4 Å². The lowest BCUT2D eigenvalue weighted by atomic mass is 10.1. The van der Waals surface area contributed by atoms with E-state index in [0.717, 1.165) is 13.0 Å². The largest absolute Gasteiger partial charge is 0.378 e. The third kappa shape index (κ3) is 3.00. The Bertz CT molecular complexity index is 316. The lowest BCUT2D eigenvalue weighted by Gasteiger charge is -2.34. The molecule has 102 valence electrons. The van der Waals surface area contributed by atoms with Gasteiger partial charge in [0.2, 0.25) is 11.8 Å². The Labute approximate surface area is 107 Å². The van der Waals surface area contributed by atoms with Crippen LogP contribution in [-0.2, 0) is 14.3 Å².